The third-order valence-corrected chi connectivity index (χ3v) is 7.61. The molecule has 2 aliphatic heterocycles. The molecule has 2 aromatic rings. The first kappa shape index (κ1) is 20.9. The molecule has 1 fully saturated rings. The largest absolute Gasteiger partial charge is 0.480 e. The number of fused-ring (bicyclic) bond motifs is 1. The van der Waals surface area contributed by atoms with Gasteiger partial charge in [-0.15, -0.1) is 0 Å². The summed E-state index contributed by atoms with van der Waals surface area (Å²) in [7, 11) is -3.56. The molecule has 1 amide bonds. The van der Waals surface area contributed by atoms with Crippen molar-refractivity contribution in [1.29, 1.82) is 0 Å². The van der Waals surface area contributed by atoms with Crippen LogP contribution in [0, 0.1) is 11.8 Å². The highest BCUT2D eigenvalue weighted by Crippen LogP contribution is 2.33. The van der Waals surface area contributed by atoms with E-state index in [-0.39, 0.29) is 10.8 Å². The van der Waals surface area contributed by atoms with Crippen LogP contribution in [0.4, 0.5) is 0 Å². The minimum Gasteiger partial charge on any atom is -0.480 e. The molecule has 160 valence electrons. The van der Waals surface area contributed by atoms with Crippen LogP contribution in [0.2, 0.25) is 0 Å². The highest BCUT2D eigenvalue weighted by Gasteiger charge is 2.34. The number of sulfonamides is 1. The van der Waals surface area contributed by atoms with E-state index in [0.29, 0.717) is 43.6 Å². The third kappa shape index (κ3) is 4.37. The summed E-state index contributed by atoms with van der Waals surface area (Å²) >= 11 is 0. The average Bonchev–Trinajstić information content (AvgIpc) is 3.15. The third-order valence-electron chi connectivity index (χ3n) is 5.78. The van der Waals surface area contributed by atoms with E-state index >= 15 is 0 Å². The number of rotatable bonds is 5. The van der Waals surface area contributed by atoms with E-state index in [1.165, 1.54) is 0 Å². The molecule has 0 spiro atoms. The molecule has 1 N–H and O–H groups in total. The molecule has 1 saturated heterocycles. The van der Waals surface area contributed by atoms with Crippen LogP contribution in [-0.2, 0) is 27.8 Å². The molecule has 3 atom stereocenters. The maximum absolute atomic E-state index is 13.2. The molecule has 3 unspecified atom stereocenters. The number of piperidine rings is 1. The Morgan fingerprint density at radius 3 is 2.50 bits per heavy atom. The molecule has 0 aliphatic carbocycles. The van der Waals surface area contributed by atoms with Crippen molar-refractivity contribution in [2.24, 2.45) is 11.8 Å². The first-order valence-corrected chi connectivity index (χ1v) is 11.9. The van der Waals surface area contributed by atoms with Crippen LogP contribution in [0.1, 0.15) is 31.4 Å². The number of nitrogens with zero attached hydrogens (tertiary/aromatic N) is 1. The van der Waals surface area contributed by atoms with E-state index in [4.69, 9.17) is 4.74 Å². The maximum Gasteiger partial charge on any atom is 0.261 e. The van der Waals surface area contributed by atoms with Crippen molar-refractivity contribution in [2.75, 3.05) is 13.1 Å². The molecule has 2 aliphatic rings. The lowest BCUT2D eigenvalue weighted by atomic mass is 9.94. The lowest BCUT2D eigenvalue weighted by Crippen LogP contribution is -2.42. The number of benzene rings is 2. The van der Waals surface area contributed by atoms with Crippen molar-refractivity contribution in [3.63, 3.8) is 0 Å². The van der Waals surface area contributed by atoms with E-state index in [1.807, 2.05) is 30.3 Å². The van der Waals surface area contributed by atoms with E-state index in [1.54, 1.807) is 22.5 Å². The Labute approximate surface area is 178 Å². The minimum absolute atomic E-state index is 0.196. The quantitative estimate of drug-likeness (QED) is 0.794. The van der Waals surface area contributed by atoms with E-state index in [9.17, 15) is 13.2 Å². The number of hydrogen-bond acceptors (Lipinski definition) is 4. The predicted octanol–water partition coefficient (Wildman–Crippen LogP) is 2.97. The second-order valence-electron chi connectivity index (χ2n) is 8.55. The van der Waals surface area contributed by atoms with Crippen LogP contribution in [0.15, 0.2) is 53.4 Å². The van der Waals surface area contributed by atoms with Crippen LogP contribution >= 0.6 is 0 Å². The molecule has 2 heterocycles. The van der Waals surface area contributed by atoms with Gasteiger partial charge >= 0.3 is 0 Å². The second kappa shape index (κ2) is 8.40. The smallest absolute Gasteiger partial charge is 0.261 e. The highest BCUT2D eigenvalue weighted by molar-refractivity contribution is 7.89. The summed E-state index contributed by atoms with van der Waals surface area (Å²) in [6.45, 7) is 5.71. The Bertz CT molecular complexity index is 1010. The first-order chi connectivity index (χ1) is 14.3. The molecule has 4 rings (SSSR count). The number of hydrogen-bond donors (Lipinski definition) is 1. The number of carbonyl (C=O) groups is 1. The number of carbonyl (C=O) groups excluding carboxylic acids is 1. The molecule has 0 radical (unpaired) electrons. The van der Waals surface area contributed by atoms with Crippen LogP contribution in [0.5, 0.6) is 5.75 Å². The molecule has 2 aromatic carbocycles. The lowest BCUT2D eigenvalue weighted by molar-refractivity contribution is -0.127. The summed E-state index contributed by atoms with van der Waals surface area (Å²) in [5.74, 6) is 1.07. The molecule has 30 heavy (non-hydrogen) atoms. The Kier molecular flexibility index (Phi) is 5.84. The van der Waals surface area contributed by atoms with Crippen molar-refractivity contribution in [2.45, 2.75) is 44.2 Å². The monoisotopic (exact) mass is 428 g/mol. The molecule has 0 aromatic heterocycles. The van der Waals surface area contributed by atoms with Crippen LogP contribution in [0.25, 0.3) is 0 Å². The minimum atomic E-state index is -3.56. The summed E-state index contributed by atoms with van der Waals surface area (Å²) in [6.07, 6.45) is 0.771. The van der Waals surface area contributed by atoms with Gasteiger partial charge < -0.3 is 10.1 Å². The van der Waals surface area contributed by atoms with E-state index in [2.05, 4.69) is 19.2 Å². The van der Waals surface area contributed by atoms with Gasteiger partial charge in [-0.2, -0.15) is 4.31 Å². The van der Waals surface area contributed by atoms with Gasteiger partial charge in [-0.1, -0.05) is 44.2 Å². The fraction of sp³-hybridized carbons (Fsp3) is 0.435. The maximum atomic E-state index is 13.2. The van der Waals surface area contributed by atoms with Crippen LogP contribution < -0.4 is 10.1 Å². The first-order valence-electron chi connectivity index (χ1n) is 10.4. The zero-order valence-corrected chi connectivity index (χ0v) is 18.2. The molecule has 0 bridgehead atoms. The highest BCUT2D eigenvalue weighted by atomic mass is 32.2. The van der Waals surface area contributed by atoms with Crippen LogP contribution in [-0.4, -0.2) is 37.8 Å². The molecular formula is C23H28N2O4S. The van der Waals surface area contributed by atoms with Crippen molar-refractivity contribution in [1.82, 2.24) is 9.62 Å². The zero-order chi connectivity index (χ0) is 21.3. The Hall–Kier alpha value is -2.38. The lowest BCUT2D eigenvalue weighted by Gasteiger charge is -2.34. The van der Waals surface area contributed by atoms with Crippen molar-refractivity contribution < 1.29 is 17.9 Å². The fourth-order valence-corrected chi connectivity index (χ4v) is 6.11. The predicted molar refractivity (Wildman–Crippen MR) is 115 cm³/mol. The van der Waals surface area contributed by atoms with Gasteiger partial charge in [-0.3, -0.25) is 4.79 Å². The SMILES string of the molecule is CC1CC(C)CN(S(=O)(=O)c2ccc3c(c2)CC(C(=O)NCc2ccccc2)O3)C1. The average molecular weight is 429 g/mol. The topological polar surface area (TPSA) is 75.7 Å². The Morgan fingerprint density at radius 1 is 1.10 bits per heavy atom. The standard InChI is InChI=1S/C23H28N2O4S/c1-16-10-17(2)15-25(14-16)30(27,28)20-8-9-21-19(11-20)12-22(29-21)23(26)24-13-18-6-4-3-5-7-18/h3-9,11,16-17,22H,10,12-15H2,1-2H3,(H,24,26). The molecule has 6 nitrogen and oxygen atoms in total. The van der Waals surface area contributed by atoms with Gasteiger partial charge in [-0.05, 0) is 47.6 Å². The van der Waals surface area contributed by atoms with Gasteiger partial charge in [0.25, 0.3) is 5.91 Å². The number of ether oxygens (including phenoxy) is 1. The van der Waals surface area contributed by atoms with Gasteiger partial charge in [0.2, 0.25) is 10.0 Å². The van der Waals surface area contributed by atoms with Crippen molar-refractivity contribution in [3.05, 3.63) is 59.7 Å². The van der Waals surface area contributed by atoms with Crippen LogP contribution in [0.3, 0.4) is 0 Å². The van der Waals surface area contributed by atoms with Crippen molar-refractivity contribution >= 4 is 15.9 Å². The van der Waals surface area contributed by atoms with Gasteiger partial charge in [0.05, 0.1) is 4.90 Å². The van der Waals surface area contributed by atoms with E-state index < -0.39 is 16.1 Å². The van der Waals surface area contributed by atoms with Gasteiger partial charge in [0.1, 0.15) is 5.75 Å². The van der Waals surface area contributed by atoms with Crippen molar-refractivity contribution in [3.8, 4) is 5.75 Å². The van der Waals surface area contributed by atoms with Gasteiger partial charge in [-0.25, -0.2) is 8.42 Å². The Balaban J connectivity index is 1.44. The normalized spacial score (nSPS) is 24.1. The van der Waals surface area contributed by atoms with E-state index in [0.717, 1.165) is 17.5 Å². The molecule has 7 heteroatoms. The Morgan fingerprint density at radius 2 is 1.80 bits per heavy atom. The second-order valence-corrected chi connectivity index (χ2v) is 10.5. The summed E-state index contributed by atoms with van der Waals surface area (Å²) in [4.78, 5) is 12.8. The molecule has 0 saturated carbocycles. The van der Waals surface area contributed by atoms with Gasteiger partial charge in [0, 0.05) is 26.1 Å². The summed E-state index contributed by atoms with van der Waals surface area (Å²) in [5.41, 5.74) is 1.77. The number of amides is 1. The summed E-state index contributed by atoms with van der Waals surface area (Å²) in [6, 6.07) is 14.6. The fourth-order valence-electron chi connectivity index (χ4n) is 4.38. The number of nitrogens with one attached hydrogen (secondary N) is 1. The summed E-state index contributed by atoms with van der Waals surface area (Å²) in [5, 5.41) is 2.89. The van der Waals surface area contributed by atoms with Gasteiger partial charge in [0.15, 0.2) is 6.10 Å². The molecular weight excluding hydrogens is 400 g/mol. The summed E-state index contributed by atoms with van der Waals surface area (Å²) < 4.78 is 33.7. The zero-order valence-electron chi connectivity index (χ0n) is 17.4.